The second kappa shape index (κ2) is 8.37. The van der Waals surface area contributed by atoms with E-state index in [9.17, 15) is 9.90 Å². The number of aliphatic hydroxyl groups is 1. The zero-order chi connectivity index (χ0) is 25.4. The average molecular weight is 505 g/mol. The van der Waals surface area contributed by atoms with Gasteiger partial charge in [-0.25, -0.2) is 0 Å². The highest BCUT2D eigenvalue weighted by Gasteiger charge is 2.72. The SMILES string of the molecule is COc1ccc2c3c1O[C@H]1[C@H](CN(C)C(=O)/C=C/c4ccoc4)CC[C@@]4(O)[C@@H](C2)N(CC2CC2)CC[C@]314. The largest absolute Gasteiger partial charge is 0.493 e. The molecule has 1 saturated heterocycles. The summed E-state index contributed by atoms with van der Waals surface area (Å²) in [6.07, 6.45) is 12.3. The minimum Gasteiger partial charge on any atom is -0.493 e. The van der Waals surface area contributed by atoms with Gasteiger partial charge in [0.1, 0.15) is 6.10 Å². The standard InChI is InChI=1S/C30H36N2O5/c1-31(25(33)8-5-20-10-14-36-18-20)17-22-9-11-30(34)24-15-21-6-7-23(35-2)27-26(21)29(30,28(22)37-27)12-13-32(24)16-19-3-4-19/h5-8,10,14,18-19,22,24,28,34H,3-4,9,11-13,15-17H2,1-2H3/b8-5+/t22-,24+,28-,29-,30+/m0/s1. The number of piperidine rings is 1. The molecule has 196 valence electrons. The Labute approximate surface area is 218 Å². The first kappa shape index (κ1) is 23.4. The van der Waals surface area contributed by atoms with Gasteiger partial charge < -0.3 is 23.9 Å². The van der Waals surface area contributed by atoms with Crippen LogP contribution in [0, 0.1) is 11.8 Å². The van der Waals surface area contributed by atoms with Gasteiger partial charge in [-0.1, -0.05) is 6.07 Å². The topological polar surface area (TPSA) is 75.4 Å². The lowest BCUT2D eigenvalue weighted by atomic mass is 9.47. The number of rotatable bonds is 7. The van der Waals surface area contributed by atoms with E-state index >= 15 is 0 Å². The van der Waals surface area contributed by atoms with Crippen LogP contribution >= 0.6 is 0 Å². The maximum absolute atomic E-state index is 13.0. The fourth-order valence-corrected chi connectivity index (χ4v) is 8.03. The zero-order valence-electron chi connectivity index (χ0n) is 21.7. The summed E-state index contributed by atoms with van der Waals surface area (Å²) in [5.74, 6) is 2.42. The number of amides is 1. The van der Waals surface area contributed by atoms with Gasteiger partial charge in [0, 0.05) is 49.3 Å². The molecule has 1 N–H and O–H groups in total. The predicted molar refractivity (Wildman–Crippen MR) is 139 cm³/mol. The second-order valence-electron chi connectivity index (χ2n) is 11.9. The number of carbonyl (C=O) groups is 1. The first-order chi connectivity index (χ1) is 17.9. The number of carbonyl (C=O) groups excluding carboxylic acids is 1. The smallest absolute Gasteiger partial charge is 0.246 e. The molecule has 1 amide bonds. The third-order valence-corrected chi connectivity index (χ3v) is 9.94. The van der Waals surface area contributed by atoms with Crippen molar-refractivity contribution in [2.75, 3.05) is 33.8 Å². The number of hydrogen-bond acceptors (Lipinski definition) is 6. The Bertz CT molecular complexity index is 1240. The number of likely N-dealkylation sites (tertiary alicyclic amines) is 1. The van der Waals surface area contributed by atoms with Crippen LogP contribution in [-0.4, -0.2) is 72.4 Å². The van der Waals surface area contributed by atoms with Crippen molar-refractivity contribution in [3.63, 3.8) is 0 Å². The van der Waals surface area contributed by atoms with E-state index in [2.05, 4.69) is 11.0 Å². The minimum absolute atomic E-state index is 0.0471. The molecule has 7 heteroatoms. The van der Waals surface area contributed by atoms with Crippen LogP contribution in [0.3, 0.4) is 0 Å². The quantitative estimate of drug-likeness (QED) is 0.581. The Morgan fingerprint density at radius 2 is 2.14 bits per heavy atom. The van der Waals surface area contributed by atoms with Gasteiger partial charge in [0.15, 0.2) is 11.5 Å². The van der Waals surface area contributed by atoms with Gasteiger partial charge in [0.25, 0.3) is 0 Å². The summed E-state index contributed by atoms with van der Waals surface area (Å²) in [6.45, 7) is 2.66. The van der Waals surface area contributed by atoms with Crippen molar-refractivity contribution in [2.24, 2.45) is 11.8 Å². The number of methoxy groups -OCH3 is 1. The van der Waals surface area contributed by atoms with Gasteiger partial charge in [-0.15, -0.1) is 0 Å². The minimum atomic E-state index is -0.838. The lowest BCUT2D eigenvalue weighted by molar-refractivity contribution is -0.199. The molecule has 7 rings (SSSR count). The van der Waals surface area contributed by atoms with Crippen molar-refractivity contribution in [3.05, 3.63) is 53.5 Å². The molecule has 3 heterocycles. The highest BCUT2D eigenvalue weighted by atomic mass is 16.5. The molecule has 1 spiro atoms. The molecule has 1 aromatic heterocycles. The molecule has 2 saturated carbocycles. The monoisotopic (exact) mass is 504 g/mol. The molecule has 2 bridgehead atoms. The van der Waals surface area contributed by atoms with Crippen molar-refractivity contribution in [1.82, 2.24) is 9.80 Å². The first-order valence-electron chi connectivity index (χ1n) is 13.7. The number of hydrogen-bond donors (Lipinski definition) is 1. The molecule has 1 aromatic carbocycles. The number of benzene rings is 1. The van der Waals surface area contributed by atoms with Gasteiger partial charge in [0.2, 0.25) is 5.91 Å². The summed E-state index contributed by atoms with van der Waals surface area (Å²) in [7, 11) is 3.55. The van der Waals surface area contributed by atoms with E-state index in [-0.39, 0.29) is 24.0 Å². The van der Waals surface area contributed by atoms with Crippen LogP contribution in [0.4, 0.5) is 0 Å². The van der Waals surface area contributed by atoms with Crippen LogP contribution in [0.5, 0.6) is 11.5 Å². The zero-order valence-corrected chi connectivity index (χ0v) is 21.7. The van der Waals surface area contributed by atoms with Gasteiger partial charge in [-0.3, -0.25) is 9.69 Å². The van der Waals surface area contributed by atoms with Crippen LogP contribution in [0.2, 0.25) is 0 Å². The Balaban J connectivity index is 1.22. The predicted octanol–water partition coefficient (Wildman–Crippen LogP) is 3.64. The van der Waals surface area contributed by atoms with E-state index < -0.39 is 11.0 Å². The highest BCUT2D eigenvalue weighted by molar-refractivity contribution is 5.91. The van der Waals surface area contributed by atoms with Crippen molar-refractivity contribution < 1.29 is 23.8 Å². The van der Waals surface area contributed by atoms with E-state index in [0.717, 1.165) is 61.8 Å². The number of ether oxygens (including phenoxy) is 2. The van der Waals surface area contributed by atoms with Crippen LogP contribution in [-0.2, 0) is 16.6 Å². The van der Waals surface area contributed by atoms with Crippen molar-refractivity contribution in [3.8, 4) is 11.5 Å². The van der Waals surface area contributed by atoms with Crippen LogP contribution < -0.4 is 9.47 Å². The van der Waals surface area contributed by atoms with E-state index in [0.29, 0.717) is 6.54 Å². The maximum atomic E-state index is 13.0. The molecular formula is C30H36N2O5. The highest BCUT2D eigenvalue weighted by Crippen LogP contribution is 2.66. The van der Waals surface area contributed by atoms with Crippen LogP contribution in [0.15, 0.2) is 41.2 Å². The molecule has 2 aliphatic heterocycles. The molecule has 0 radical (unpaired) electrons. The van der Waals surface area contributed by atoms with Gasteiger partial charge in [0.05, 0.1) is 30.7 Å². The van der Waals surface area contributed by atoms with Crippen molar-refractivity contribution in [2.45, 2.75) is 61.7 Å². The van der Waals surface area contributed by atoms with Gasteiger partial charge in [-0.05, 0) is 74.8 Å². The summed E-state index contributed by atoms with van der Waals surface area (Å²) in [6, 6.07) is 6.16. The Hall–Kier alpha value is -2.77. The molecule has 3 fully saturated rings. The molecule has 3 aliphatic carbocycles. The lowest BCUT2D eigenvalue weighted by Crippen LogP contribution is -2.76. The van der Waals surface area contributed by atoms with E-state index in [1.54, 1.807) is 36.7 Å². The number of nitrogens with zero attached hydrogens (tertiary/aromatic N) is 2. The molecule has 0 unspecified atom stereocenters. The lowest BCUT2D eigenvalue weighted by Gasteiger charge is -2.64. The molecule has 2 aromatic rings. The van der Waals surface area contributed by atoms with Gasteiger partial charge in [-0.2, -0.15) is 0 Å². The third kappa shape index (κ3) is 3.36. The van der Waals surface area contributed by atoms with E-state index in [1.807, 2.05) is 19.2 Å². The Kier molecular flexibility index (Phi) is 5.28. The Morgan fingerprint density at radius 1 is 1.27 bits per heavy atom. The Morgan fingerprint density at radius 3 is 2.89 bits per heavy atom. The van der Waals surface area contributed by atoms with Crippen molar-refractivity contribution >= 4 is 12.0 Å². The van der Waals surface area contributed by atoms with Gasteiger partial charge >= 0.3 is 0 Å². The molecule has 5 atom stereocenters. The summed E-state index contributed by atoms with van der Waals surface area (Å²) in [4.78, 5) is 17.3. The molecule has 7 nitrogen and oxygen atoms in total. The molecular weight excluding hydrogens is 468 g/mol. The maximum Gasteiger partial charge on any atom is 0.246 e. The summed E-state index contributed by atoms with van der Waals surface area (Å²) < 4.78 is 17.7. The third-order valence-electron chi connectivity index (χ3n) is 9.94. The molecule has 5 aliphatic rings. The fourth-order valence-electron chi connectivity index (χ4n) is 8.03. The first-order valence-corrected chi connectivity index (χ1v) is 13.7. The van der Waals surface area contributed by atoms with Crippen LogP contribution in [0.25, 0.3) is 6.08 Å². The fraction of sp³-hybridized carbons (Fsp3) is 0.567. The second-order valence-corrected chi connectivity index (χ2v) is 11.9. The van der Waals surface area contributed by atoms with E-state index in [1.165, 1.54) is 24.0 Å². The number of likely N-dealkylation sites (N-methyl/N-ethyl adjacent to an activating group) is 1. The average Bonchev–Trinajstić information content (AvgIpc) is 3.41. The summed E-state index contributed by atoms with van der Waals surface area (Å²) >= 11 is 0. The normalized spacial score (nSPS) is 33.8. The number of furan rings is 1. The summed E-state index contributed by atoms with van der Waals surface area (Å²) in [5.41, 5.74) is 2.04. The van der Waals surface area contributed by atoms with Crippen molar-refractivity contribution in [1.29, 1.82) is 0 Å². The summed E-state index contributed by atoms with van der Waals surface area (Å²) in [5, 5.41) is 12.7. The van der Waals surface area contributed by atoms with E-state index in [4.69, 9.17) is 13.9 Å². The van der Waals surface area contributed by atoms with Crippen LogP contribution in [0.1, 0.15) is 48.8 Å². The molecule has 37 heavy (non-hydrogen) atoms.